The highest BCUT2D eigenvalue weighted by atomic mass is 19.4. The fourth-order valence-electron chi connectivity index (χ4n) is 2.40. The second kappa shape index (κ2) is 5.93. The summed E-state index contributed by atoms with van der Waals surface area (Å²) >= 11 is 0. The van der Waals surface area contributed by atoms with Gasteiger partial charge in [0.25, 0.3) is 0 Å². The Morgan fingerprint density at radius 1 is 1.25 bits per heavy atom. The highest BCUT2D eigenvalue weighted by Crippen LogP contribution is 2.40. The van der Waals surface area contributed by atoms with Crippen molar-refractivity contribution in [1.82, 2.24) is 0 Å². The molecule has 2 rings (SSSR count). The molecule has 20 heavy (non-hydrogen) atoms. The van der Waals surface area contributed by atoms with E-state index in [-0.39, 0.29) is 12.8 Å². The molecule has 3 atom stereocenters. The van der Waals surface area contributed by atoms with Gasteiger partial charge in [0.2, 0.25) is 5.78 Å². The van der Waals surface area contributed by atoms with E-state index >= 15 is 0 Å². The first-order chi connectivity index (χ1) is 9.43. The van der Waals surface area contributed by atoms with Crippen LogP contribution in [0.3, 0.4) is 0 Å². The monoisotopic (exact) mass is 288 g/mol. The van der Waals surface area contributed by atoms with E-state index in [9.17, 15) is 18.0 Å². The smallest absolute Gasteiger partial charge is 0.356 e. The number of rotatable bonds is 3. The summed E-state index contributed by atoms with van der Waals surface area (Å²) in [4.78, 5) is 11.6. The maximum Gasteiger partial charge on any atom is 0.450 e. The van der Waals surface area contributed by atoms with Crippen LogP contribution in [0, 0.1) is 5.92 Å². The summed E-state index contributed by atoms with van der Waals surface area (Å²) in [6.45, 7) is 0. The molecule has 110 valence electrons. The molecule has 0 aromatic heterocycles. The van der Waals surface area contributed by atoms with Crippen molar-refractivity contribution in [1.29, 1.82) is 0 Å². The van der Waals surface area contributed by atoms with Crippen LogP contribution in [0.4, 0.5) is 13.2 Å². The van der Waals surface area contributed by atoms with Crippen molar-refractivity contribution < 1.29 is 27.4 Å². The fourth-order valence-corrected chi connectivity index (χ4v) is 2.40. The SMILES string of the molecule is CO[C@H]1CC[C@H](C(=O)C(F)(F)F)[C@H](c2ccccc2)O1. The summed E-state index contributed by atoms with van der Waals surface area (Å²) < 4.78 is 48.5. The molecule has 1 aliphatic heterocycles. The summed E-state index contributed by atoms with van der Waals surface area (Å²) in [6, 6.07) is 8.45. The van der Waals surface area contributed by atoms with E-state index in [4.69, 9.17) is 9.47 Å². The number of carbonyl (C=O) groups excluding carboxylic acids is 1. The minimum Gasteiger partial charge on any atom is -0.356 e. The average Bonchev–Trinajstić information content (AvgIpc) is 2.46. The molecule has 1 heterocycles. The minimum absolute atomic E-state index is 0.0937. The molecule has 0 bridgehead atoms. The van der Waals surface area contributed by atoms with Crippen LogP contribution in [-0.2, 0) is 14.3 Å². The number of alkyl halides is 3. The van der Waals surface area contributed by atoms with Crippen molar-refractivity contribution in [3.8, 4) is 0 Å². The van der Waals surface area contributed by atoms with Crippen molar-refractivity contribution >= 4 is 5.78 Å². The number of carbonyl (C=O) groups is 1. The third-order valence-electron chi connectivity index (χ3n) is 3.38. The number of ketones is 1. The first kappa shape index (κ1) is 15.0. The van der Waals surface area contributed by atoms with Crippen LogP contribution in [0.2, 0.25) is 0 Å². The number of hydrogen-bond donors (Lipinski definition) is 0. The highest BCUT2D eigenvalue weighted by molar-refractivity contribution is 5.87. The Morgan fingerprint density at radius 2 is 1.90 bits per heavy atom. The van der Waals surface area contributed by atoms with Crippen LogP contribution in [0.5, 0.6) is 0 Å². The predicted octanol–water partition coefficient (Wildman–Crippen LogP) is 3.26. The zero-order valence-electron chi connectivity index (χ0n) is 10.9. The van der Waals surface area contributed by atoms with Crippen LogP contribution in [0.1, 0.15) is 24.5 Å². The Kier molecular flexibility index (Phi) is 4.45. The Hall–Kier alpha value is -1.40. The van der Waals surface area contributed by atoms with Gasteiger partial charge >= 0.3 is 6.18 Å². The van der Waals surface area contributed by atoms with Crippen LogP contribution in [0.15, 0.2) is 30.3 Å². The van der Waals surface area contributed by atoms with Crippen molar-refractivity contribution in [3.63, 3.8) is 0 Å². The molecule has 0 aliphatic carbocycles. The van der Waals surface area contributed by atoms with Crippen LogP contribution in [0.25, 0.3) is 0 Å². The summed E-state index contributed by atoms with van der Waals surface area (Å²) in [6.07, 6.45) is -5.99. The summed E-state index contributed by atoms with van der Waals surface area (Å²) in [5.41, 5.74) is 0.553. The van der Waals surface area contributed by atoms with E-state index in [1.165, 1.54) is 7.11 Å². The van der Waals surface area contributed by atoms with Crippen LogP contribution < -0.4 is 0 Å². The average molecular weight is 288 g/mol. The van der Waals surface area contributed by atoms with Crippen molar-refractivity contribution in [3.05, 3.63) is 35.9 Å². The molecule has 0 radical (unpaired) electrons. The fraction of sp³-hybridized carbons (Fsp3) is 0.500. The molecule has 1 saturated heterocycles. The minimum atomic E-state index is -4.85. The van der Waals surface area contributed by atoms with E-state index < -0.39 is 30.3 Å². The third-order valence-corrected chi connectivity index (χ3v) is 3.38. The molecular formula is C14H15F3O3. The zero-order valence-corrected chi connectivity index (χ0v) is 10.9. The second-order valence-corrected chi connectivity index (χ2v) is 4.68. The van der Waals surface area contributed by atoms with Gasteiger partial charge in [0.15, 0.2) is 6.29 Å². The first-order valence-corrected chi connectivity index (χ1v) is 6.27. The van der Waals surface area contributed by atoms with E-state index in [0.717, 1.165) is 0 Å². The van der Waals surface area contributed by atoms with Gasteiger partial charge in [0.1, 0.15) is 0 Å². The summed E-state index contributed by atoms with van der Waals surface area (Å²) in [5, 5.41) is 0. The number of methoxy groups -OCH3 is 1. The number of benzene rings is 1. The van der Waals surface area contributed by atoms with Crippen LogP contribution >= 0.6 is 0 Å². The number of Topliss-reactive ketones (excluding diaryl/α,β-unsaturated/α-hetero) is 1. The molecule has 0 unspecified atom stereocenters. The Balaban J connectivity index is 2.27. The van der Waals surface area contributed by atoms with Gasteiger partial charge in [0, 0.05) is 7.11 Å². The van der Waals surface area contributed by atoms with Gasteiger partial charge < -0.3 is 9.47 Å². The molecule has 0 spiro atoms. The molecule has 0 amide bonds. The molecule has 6 heteroatoms. The summed E-state index contributed by atoms with van der Waals surface area (Å²) in [7, 11) is 1.43. The van der Waals surface area contributed by atoms with Gasteiger partial charge in [-0.3, -0.25) is 4.79 Å². The Bertz CT molecular complexity index is 458. The van der Waals surface area contributed by atoms with Gasteiger partial charge in [-0.05, 0) is 18.4 Å². The van der Waals surface area contributed by atoms with Crippen molar-refractivity contribution in [2.24, 2.45) is 5.92 Å². The molecular weight excluding hydrogens is 273 g/mol. The van der Waals surface area contributed by atoms with Gasteiger partial charge in [-0.1, -0.05) is 30.3 Å². The lowest BCUT2D eigenvalue weighted by molar-refractivity contribution is -0.216. The van der Waals surface area contributed by atoms with Gasteiger partial charge in [-0.2, -0.15) is 13.2 Å². The third kappa shape index (κ3) is 3.19. The first-order valence-electron chi connectivity index (χ1n) is 6.27. The number of hydrogen-bond acceptors (Lipinski definition) is 3. The molecule has 3 nitrogen and oxygen atoms in total. The normalized spacial score (nSPS) is 27.3. The molecule has 1 aromatic carbocycles. The highest BCUT2D eigenvalue weighted by Gasteiger charge is 2.48. The van der Waals surface area contributed by atoms with E-state index in [2.05, 4.69) is 0 Å². The molecule has 0 N–H and O–H groups in total. The van der Waals surface area contributed by atoms with E-state index in [1.807, 2.05) is 0 Å². The van der Waals surface area contributed by atoms with Gasteiger partial charge in [0.05, 0.1) is 12.0 Å². The Morgan fingerprint density at radius 3 is 2.45 bits per heavy atom. The molecule has 0 saturated carbocycles. The maximum atomic E-state index is 12.7. The second-order valence-electron chi connectivity index (χ2n) is 4.68. The summed E-state index contributed by atoms with van der Waals surface area (Å²) in [5.74, 6) is -2.95. The standard InChI is InChI=1S/C14H15F3O3/c1-19-11-8-7-10(13(18)14(15,16)17)12(20-11)9-5-3-2-4-6-9/h2-6,10-12H,7-8H2,1H3/t10-,11+,12-/m0/s1. The largest absolute Gasteiger partial charge is 0.450 e. The maximum absolute atomic E-state index is 12.7. The lowest BCUT2D eigenvalue weighted by Gasteiger charge is -2.35. The molecule has 1 aliphatic rings. The Labute approximate surface area is 114 Å². The topological polar surface area (TPSA) is 35.5 Å². The molecule has 1 aromatic rings. The van der Waals surface area contributed by atoms with E-state index in [1.54, 1.807) is 30.3 Å². The number of ether oxygens (including phenoxy) is 2. The predicted molar refractivity (Wildman–Crippen MR) is 64.9 cm³/mol. The van der Waals surface area contributed by atoms with Gasteiger partial charge in [-0.25, -0.2) is 0 Å². The van der Waals surface area contributed by atoms with Crippen LogP contribution in [-0.4, -0.2) is 25.4 Å². The van der Waals surface area contributed by atoms with E-state index in [0.29, 0.717) is 5.56 Å². The number of halogens is 3. The lowest BCUT2D eigenvalue weighted by atomic mass is 9.85. The van der Waals surface area contributed by atoms with Crippen molar-refractivity contribution in [2.75, 3.05) is 7.11 Å². The van der Waals surface area contributed by atoms with Gasteiger partial charge in [-0.15, -0.1) is 0 Å². The molecule has 1 fully saturated rings. The zero-order chi connectivity index (χ0) is 14.8. The lowest BCUT2D eigenvalue weighted by Crippen LogP contribution is -2.40. The quantitative estimate of drug-likeness (QED) is 0.856. The van der Waals surface area contributed by atoms with Crippen molar-refractivity contribution in [2.45, 2.75) is 31.4 Å².